The number of carbonyl (C=O) groups is 1. The average molecular weight is 862 g/mol. The number of hydrogen-bond donors (Lipinski definition) is 4. The summed E-state index contributed by atoms with van der Waals surface area (Å²) in [6.45, 7) is 12.5. The first-order valence-corrected chi connectivity index (χ1v) is 24.3. The summed E-state index contributed by atoms with van der Waals surface area (Å²) < 4.78 is 43.1. The van der Waals surface area contributed by atoms with E-state index < -0.39 is 66.5 Å². The number of fused-ring (bicyclic) bond motifs is 5. The van der Waals surface area contributed by atoms with E-state index in [0.29, 0.717) is 31.2 Å². The lowest BCUT2D eigenvalue weighted by atomic mass is 9.42. The molecule has 348 valence electrons. The van der Waals surface area contributed by atoms with Crippen molar-refractivity contribution < 1.29 is 58.4 Å². The van der Waals surface area contributed by atoms with Gasteiger partial charge in [0, 0.05) is 57.0 Å². The Kier molecular flexibility index (Phi) is 14.4. The van der Waals surface area contributed by atoms with Crippen molar-refractivity contribution in [2.45, 2.75) is 223 Å². The smallest absolute Gasteiger partial charge is 0.331 e. The van der Waals surface area contributed by atoms with E-state index >= 15 is 0 Å². The van der Waals surface area contributed by atoms with Crippen LogP contribution in [-0.2, 0) is 38.0 Å². The van der Waals surface area contributed by atoms with Crippen LogP contribution in [0.25, 0.3) is 0 Å². The fraction of sp³-hybridized carbons (Fsp3) is 0.938. The van der Waals surface area contributed by atoms with E-state index in [4.69, 9.17) is 33.2 Å². The lowest BCUT2D eigenvalue weighted by Crippen LogP contribution is -2.67. The first-order valence-electron chi connectivity index (χ1n) is 24.3. The maximum atomic E-state index is 12.6. The Hall–Kier alpha value is -1.23. The molecule has 61 heavy (non-hydrogen) atoms. The number of methoxy groups -OCH3 is 1. The fourth-order valence-corrected chi connectivity index (χ4v) is 14.3. The van der Waals surface area contributed by atoms with Crippen LogP contribution in [0.3, 0.4) is 0 Å². The van der Waals surface area contributed by atoms with Gasteiger partial charge < -0.3 is 53.6 Å². The van der Waals surface area contributed by atoms with E-state index in [0.717, 1.165) is 63.6 Å². The normalized spacial score (nSPS) is 46.4. The molecule has 0 bridgehead atoms. The van der Waals surface area contributed by atoms with Gasteiger partial charge in [-0.05, 0) is 119 Å². The maximum absolute atomic E-state index is 12.6. The van der Waals surface area contributed by atoms with Gasteiger partial charge in [-0.25, -0.2) is 4.79 Å². The minimum absolute atomic E-state index is 0.0392. The minimum Gasteiger partial charge on any atom is -0.458 e. The molecule has 18 atom stereocenters. The van der Waals surface area contributed by atoms with E-state index in [9.17, 15) is 25.2 Å². The summed E-state index contributed by atoms with van der Waals surface area (Å²) in [6.07, 6.45) is 10.7. The van der Waals surface area contributed by atoms with Gasteiger partial charge in [0.25, 0.3) is 0 Å². The Morgan fingerprint density at radius 1 is 0.918 bits per heavy atom. The van der Waals surface area contributed by atoms with Gasteiger partial charge in [0.1, 0.15) is 12.7 Å². The highest BCUT2D eigenvalue weighted by molar-refractivity contribution is 5.85. The van der Waals surface area contributed by atoms with Crippen LogP contribution in [0.2, 0.25) is 0 Å². The van der Waals surface area contributed by atoms with Gasteiger partial charge in [0.05, 0.1) is 48.3 Å². The van der Waals surface area contributed by atoms with Crippen molar-refractivity contribution in [3.8, 4) is 0 Å². The minimum atomic E-state index is -1.00. The van der Waals surface area contributed by atoms with Gasteiger partial charge in [-0.3, -0.25) is 4.90 Å². The molecule has 2 saturated heterocycles. The molecule has 0 spiro atoms. The monoisotopic (exact) mass is 862 g/mol. The van der Waals surface area contributed by atoms with Crippen LogP contribution in [0.1, 0.15) is 144 Å². The van der Waals surface area contributed by atoms with Crippen molar-refractivity contribution in [2.75, 3.05) is 26.8 Å². The summed E-state index contributed by atoms with van der Waals surface area (Å²) in [4.78, 5) is 14.6. The van der Waals surface area contributed by atoms with Crippen LogP contribution in [-0.4, -0.2) is 137 Å². The van der Waals surface area contributed by atoms with Crippen LogP contribution >= 0.6 is 0 Å². The molecule has 0 amide bonds. The molecular formula is C48H79NO12. The van der Waals surface area contributed by atoms with E-state index in [-0.39, 0.29) is 60.8 Å². The van der Waals surface area contributed by atoms with Gasteiger partial charge in [0.2, 0.25) is 0 Å². The predicted octanol–water partition coefficient (Wildman–Crippen LogP) is 5.77. The highest BCUT2D eigenvalue weighted by Gasteiger charge is 2.71. The van der Waals surface area contributed by atoms with Crippen molar-refractivity contribution in [3.05, 3.63) is 11.6 Å². The topological polar surface area (TPSA) is 166 Å². The molecule has 8 rings (SSSR count). The summed E-state index contributed by atoms with van der Waals surface area (Å²) in [5.74, 6) is 0.254. The molecule has 13 heteroatoms. The Morgan fingerprint density at radius 3 is 2.41 bits per heavy atom. The molecule has 13 nitrogen and oxygen atoms in total. The molecule has 5 aliphatic carbocycles. The SMILES string of the molecule is CC[C@@H](O[C@H]1C[C@H](O)[C@H](OC2CCN(C3CCCCC3)CC(C)O2)[C@H](C)O1)[C@@H](O)C[C@@H](OC)O[C@H]1CC[C@@]2(C)C(CCC3C2C[C@H](O)[C@]2(C)[C@@H](C4=CC(=O)OC4)CC[C@]32O)C1. The molecule has 3 heterocycles. The van der Waals surface area contributed by atoms with Crippen LogP contribution in [0.5, 0.6) is 0 Å². The van der Waals surface area contributed by atoms with Crippen LogP contribution in [0, 0.1) is 34.5 Å². The van der Waals surface area contributed by atoms with Gasteiger partial charge in [0.15, 0.2) is 18.9 Å². The second-order valence-electron chi connectivity index (χ2n) is 21.1. The molecule has 0 radical (unpaired) electrons. The Morgan fingerprint density at radius 2 is 1.70 bits per heavy atom. The van der Waals surface area contributed by atoms with Gasteiger partial charge in [-0.2, -0.15) is 0 Å². The second kappa shape index (κ2) is 18.9. The summed E-state index contributed by atoms with van der Waals surface area (Å²) in [6, 6.07) is 0.621. The molecular weight excluding hydrogens is 783 g/mol. The Bertz CT molecular complexity index is 1510. The molecule has 0 aromatic heterocycles. The number of hydrogen-bond acceptors (Lipinski definition) is 13. The number of esters is 1. The van der Waals surface area contributed by atoms with Crippen LogP contribution < -0.4 is 0 Å². The lowest BCUT2D eigenvalue weighted by molar-refractivity contribution is -0.302. The molecule has 8 aliphatic rings. The van der Waals surface area contributed by atoms with Crippen LogP contribution in [0.4, 0.5) is 0 Å². The van der Waals surface area contributed by atoms with E-state index in [1.807, 2.05) is 13.8 Å². The number of nitrogens with zero attached hydrogens (tertiary/aromatic N) is 1. The van der Waals surface area contributed by atoms with E-state index in [1.54, 1.807) is 13.2 Å². The first-order chi connectivity index (χ1) is 29.2. The van der Waals surface area contributed by atoms with Crippen molar-refractivity contribution in [1.29, 1.82) is 0 Å². The van der Waals surface area contributed by atoms with E-state index in [2.05, 4.69) is 25.7 Å². The highest BCUT2D eigenvalue weighted by atomic mass is 16.7. The molecule has 5 unspecified atom stereocenters. The molecule has 3 aliphatic heterocycles. The fourth-order valence-electron chi connectivity index (χ4n) is 14.3. The molecule has 5 saturated carbocycles. The van der Waals surface area contributed by atoms with Gasteiger partial charge in [-0.1, -0.05) is 40.0 Å². The molecule has 4 N–H and O–H groups in total. The zero-order valence-corrected chi connectivity index (χ0v) is 38.0. The third kappa shape index (κ3) is 9.04. The largest absolute Gasteiger partial charge is 0.458 e. The van der Waals surface area contributed by atoms with Crippen molar-refractivity contribution in [2.24, 2.45) is 34.5 Å². The number of cyclic esters (lactones) is 1. The number of ether oxygens (including phenoxy) is 7. The van der Waals surface area contributed by atoms with Crippen molar-refractivity contribution in [3.63, 3.8) is 0 Å². The van der Waals surface area contributed by atoms with Gasteiger partial charge in [-0.15, -0.1) is 0 Å². The molecule has 0 aromatic carbocycles. The number of rotatable bonds is 13. The zero-order chi connectivity index (χ0) is 43.3. The summed E-state index contributed by atoms with van der Waals surface area (Å²) >= 11 is 0. The third-order valence-electron chi connectivity index (χ3n) is 17.8. The first kappa shape index (κ1) is 46.3. The molecule has 7 fully saturated rings. The number of aliphatic hydroxyl groups excluding tert-OH is 3. The standard InChI is InChI=1S/C48H79NO12/c1-7-39(60-44-25-38(51)45(29(3)58-44)61-42-17-20-49(26-28(2)57-42)32-11-9-8-10-12-32)37(50)24-43(55-6)59-33-15-18-46(4)31(22-33)13-14-35-36(46)23-40(52)47(5)34(16-19-48(35,47)54)30-21-41(53)56-27-30/h21,28-29,31-40,42-45,50-52,54H,7-20,22-27H2,1-6H3/t28?,29-,31?,33-,34+,35?,36?,37-,38-,39+,40-,42?,43-,44-,45+,46-,47-,48-/m0/s1. The Balaban J connectivity index is 0.816. The summed E-state index contributed by atoms with van der Waals surface area (Å²) in [5.41, 5.74) is -0.854. The summed E-state index contributed by atoms with van der Waals surface area (Å²) in [5, 5.41) is 47.4. The van der Waals surface area contributed by atoms with Crippen molar-refractivity contribution in [1.82, 2.24) is 4.90 Å². The number of carbonyl (C=O) groups excluding carboxylic acids is 1. The van der Waals surface area contributed by atoms with Crippen molar-refractivity contribution >= 4 is 5.97 Å². The lowest BCUT2D eigenvalue weighted by Gasteiger charge is -2.65. The second-order valence-corrected chi connectivity index (χ2v) is 21.1. The highest BCUT2D eigenvalue weighted by Crippen LogP contribution is 2.70. The quantitative estimate of drug-likeness (QED) is 0.131. The van der Waals surface area contributed by atoms with Crippen LogP contribution in [0.15, 0.2) is 11.6 Å². The van der Waals surface area contributed by atoms with E-state index in [1.165, 1.54) is 32.1 Å². The van der Waals surface area contributed by atoms with Gasteiger partial charge >= 0.3 is 5.97 Å². The summed E-state index contributed by atoms with van der Waals surface area (Å²) in [7, 11) is 1.62. The predicted molar refractivity (Wildman–Crippen MR) is 226 cm³/mol. The number of aliphatic hydroxyl groups is 4. The zero-order valence-electron chi connectivity index (χ0n) is 38.0. The third-order valence-corrected chi connectivity index (χ3v) is 17.8. The Labute approximate surface area is 364 Å². The maximum Gasteiger partial charge on any atom is 0.331 e. The average Bonchev–Trinajstić information content (AvgIpc) is 3.72. The molecule has 0 aromatic rings.